The predicted octanol–water partition coefficient (Wildman–Crippen LogP) is 4.20. The number of aryl methyl sites for hydroxylation is 1. The molecule has 0 N–H and O–H groups in total. The fourth-order valence-electron chi connectivity index (χ4n) is 2.93. The zero-order valence-electron chi connectivity index (χ0n) is 15.7. The van der Waals surface area contributed by atoms with Gasteiger partial charge in [0.1, 0.15) is 5.75 Å². The lowest BCUT2D eigenvalue weighted by Crippen LogP contribution is -2.35. The maximum absolute atomic E-state index is 12.9. The summed E-state index contributed by atoms with van der Waals surface area (Å²) in [6.45, 7) is 3.63. The van der Waals surface area contributed by atoms with Crippen LogP contribution in [-0.2, 0) is 4.79 Å². The molecule has 1 atom stereocenters. The Hall–Kier alpha value is -2.84. The summed E-state index contributed by atoms with van der Waals surface area (Å²) in [5.74, 6) is -0.0485. The summed E-state index contributed by atoms with van der Waals surface area (Å²) < 4.78 is 45.9. The molecule has 0 radical (unpaired) electrons. The number of ether oxygens (including phenoxy) is 2. The molecule has 2 aromatic rings. The van der Waals surface area contributed by atoms with Crippen molar-refractivity contribution in [2.45, 2.75) is 39.1 Å². The van der Waals surface area contributed by atoms with Crippen molar-refractivity contribution in [3.63, 3.8) is 0 Å². The van der Waals surface area contributed by atoms with Gasteiger partial charge < -0.3 is 14.4 Å². The van der Waals surface area contributed by atoms with Crippen LogP contribution in [0.15, 0.2) is 30.6 Å². The van der Waals surface area contributed by atoms with Crippen LogP contribution >= 0.6 is 0 Å². The minimum Gasteiger partial charge on any atom is -0.496 e. The number of methoxy groups -OCH3 is 1. The Morgan fingerprint density at radius 1 is 1.25 bits per heavy atom. The third kappa shape index (κ3) is 4.52. The van der Waals surface area contributed by atoms with Crippen molar-refractivity contribution in [1.29, 1.82) is 0 Å². The zero-order chi connectivity index (χ0) is 20.5. The third-order valence-corrected chi connectivity index (χ3v) is 4.50. The van der Waals surface area contributed by atoms with Crippen LogP contribution in [-0.4, -0.2) is 29.3 Å². The summed E-state index contributed by atoms with van der Waals surface area (Å²) in [6, 6.07) is 4.87. The first-order valence-corrected chi connectivity index (χ1v) is 8.75. The maximum atomic E-state index is 12.9. The van der Waals surface area contributed by atoms with E-state index in [0.717, 1.165) is 24.6 Å². The number of aromatic nitrogens is 2. The van der Waals surface area contributed by atoms with Gasteiger partial charge in [0.25, 0.3) is 0 Å². The number of rotatable bonds is 6. The second-order valence-corrected chi connectivity index (χ2v) is 6.64. The van der Waals surface area contributed by atoms with Crippen molar-refractivity contribution in [1.82, 2.24) is 9.97 Å². The summed E-state index contributed by atoms with van der Waals surface area (Å²) in [5.41, 5.74) is 1.89. The lowest BCUT2D eigenvalue weighted by molar-refractivity contribution is -0.276. The Kier molecular flexibility index (Phi) is 5.44. The molecule has 1 amide bonds. The molecule has 1 fully saturated rings. The lowest BCUT2D eigenvalue weighted by atomic mass is 10.1. The molecule has 1 aliphatic rings. The first-order valence-electron chi connectivity index (χ1n) is 8.75. The van der Waals surface area contributed by atoms with Crippen molar-refractivity contribution in [2.75, 3.05) is 12.0 Å². The van der Waals surface area contributed by atoms with Crippen LogP contribution in [0.1, 0.15) is 37.1 Å². The number of benzene rings is 1. The molecule has 1 saturated carbocycles. The Labute approximate surface area is 160 Å². The number of hydrogen-bond donors (Lipinski definition) is 0. The number of halogens is 3. The van der Waals surface area contributed by atoms with E-state index in [1.807, 2.05) is 13.0 Å². The number of anilines is 1. The first kappa shape index (κ1) is 19.9. The fourth-order valence-corrected chi connectivity index (χ4v) is 2.93. The van der Waals surface area contributed by atoms with Gasteiger partial charge in [0, 0.05) is 11.6 Å². The van der Waals surface area contributed by atoms with Crippen LogP contribution in [0, 0.1) is 12.8 Å². The van der Waals surface area contributed by atoms with E-state index >= 15 is 0 Å². The SMILES string of the molecule is COc1ccc(N(C(=O)C2CC2)[C@H](C)c2cnc(OC(F)(F)F)cn2)cc1C. The van der Waals surface area contributed by atoms with E-state index < -0.39 is 18.3 Å². The summed E-state index contributed by atoms with van der Waals surface area (Å²) >= 11 is 0. The molecule has 0 bridgehead atoms. The standard InChI is InChI=1S/C19H20F3N3O3/c1-11-8-14(6-7-16(11)27-3)25(18(26)13-4-5-13)12(2)15-9-24-17(10-23-15)28-19(20,21)22/h6-10,12-13H,4-5H2,1-3H3/t12-/m1/s1. The summed E-state index contributed by atoms with van der Waals surface area (Å²) in [7, 11) is 1.57. The molecule has 0 spiro atoms. The molecule has 150 valence electrons. The minimum absolute atomic E-state index is 0.0468. The van der Waals surface area contributed by atoms with Crippen LogP contribution in [0.25, 0.3) is 0 Å². The Morgan fingerprint density at radius 3 is 2.46 bits per heavy atom. The largest absolute Gasteiger partial charge is 0.574 e. The zero-order valence-corrected chi connectivity index (χ0v) is 15.7. The van der Waals surface area contributed by atoms with Gasteiger partial charge in [-0.3, -0.25) is 9.78 Å². The minimum atomic E-state index is -4.84. The average Bonchev–Trinajstić information content (AvgIpc) is 3.46. The van der Waals surface area contributed by atoms with Gasteiger partial charge in [-0.15, -0.1) is 13.2 Å². The summed E-state index contributed by atoms with van der Waals surface area (Å²) in [5, 5.41) is 0. The highest BCUT2D eigenvalue weighted by molar-refractivity contribution is 5.97. The Balaban J connectivity index is 1.90. The molecular formula is C19H20F3N3O3. The van der Waals surface area contributed by atoms with Crippen molar-refractivity contribution in [3.8, 4) is 11.6 Å². The quantitative estimate of drug-likeness (QED) is 0.734. The van der Waals surface area contributed by atoms with Crippen molar-refractivity contribution in [2.24, 2.45) is 5.92 Å². The van der Waals surface area contributed by atoms with Gasteiger partial charge in [0.2, 0.25) is 11.8 Å². The second-order valence-electron chi connectivity index (χ2n) is 6.64. The Bertz CT molecular complexity index is 852. The van der Waals surface area contributed by atoms with Gasteiger partial charge in [0.05, 0.1) is 31.2 Å². The number of carbonyl (C=O) groups is 1. The molecule has 1 aromatic carbocycles. The number of hydrogen-bond acceptors (Lipinski definition) is 5. The van der Waals surface area contributed by atoms with Crippen molar-refractivity contribution < 1.29 is 27.4 Å². The van der Waals surface area contributed by atoms with Gasteiger partial charge >= 0.3 is 6.36 Å². The average molecular weight is 395 g/mol. The fraction of sp³-hybridized carbons (Fsp3) is 0.421. The number of amides is 1. The van der Waals surface area contributed by atoms with Crippen LogP contribution in [0.4, 0.5) is 18.9 Å². The van der Waals surface area contributed by atoms with E-state index in [0.29, 0.717) is 17.1 Å². The predicted molar refractivity (Wildman–Crippen MR) is 95.1 cm³/mol. The van der Waals surface area contributed by atoms with Crippen molar-refractivity contribution >= 4 is 11.6 Å². The molecule has 0 aliphatic heterocycles. The highest BCUT2D eigenvalue weighted by atomic mass is 19.4. The molecule has 3 rings (SSSR count). The van der Waals surface area contributed by atoms with Gasteiger partial charge in [-0.05, 0) is 50.5 Å². The van der Waals surface area contributed by atoms with E-state index in [2.05, 4.69) is 14.7 Å². The first-order chi connectivity index (χ1) is 13.2. The number of nitrogens with zero attached hydrogens (tertiary/aromatic N) is 3. The molecule has 1 aromatic heterocycles. The van der Waals surface area contributed by atoms with E-state index in [4.69, 9.17) is 4.74 Å². The molecule has 1 aliphatic carbocycles. The van der Waals surface area contributed by atoms with Gasteiger partial charge in [0.15, 0.2) is 0 Å². The van der Waals surface area contributed by atoms with Crippen LogP contribution < -0.4 is 14.4 Å². The highest BCUT2D eigenvalue weighted by Gasteiger charge is 2.37. The molecule has 1 heterocycles. The van der Waals surface area contributed by atoms with Crippen LogP contribution in [0.3, 0.4) is 0 Å². The molecule has 6 nitrogen and oxygen atoms in total. The third-order valence-electron chi connectivity index (χ3n) is 4.50. The molecule has 0 unspecified atom stereocenters. The van der Waals surface area contributed by atoms with Gasteiger partial charge in [-0.25, -0.2) is 4.98 Å². The Morgan fingerprint density at radius 2 is 1.96 bits per heavy atom. The van der Waals surface area contributed by atoms with Gasteiger partial charge in [-0.1, -0.05) is 0 Å². The van der Waals surface area contributed by atoms with Crippen LogP contribution in [0.5, 0.6) is 11.6 Å². The van der Waals surface area contributed by atoms with E-state index in [1.54, 1.807) is 31.1 Å². The van der Waals surface area contributed by atoms with E-state index in [1.165, 1.54) is 6.20 Å². The molecule has 9 heteroatoms. The number of alkyl halides is 3. The molecule has 0 saturated heterocycles. The smallest absolute Gasteiger partial charge is 0.496 e. The van der Waals surface area contributed by atoms with E-state index in [9.17, 15) is 18.0 Å². The summed E-state index contributed by atoms with van der Waals surface area (Å²) in [4.78, 5) is 22.2. The maximum Gasteiger partial charge on any atom is 0.574 e. The van der Waals surface area contributed by atoms with Crippen LogP contribution in [0.2, 0.25) is 0 Å². The molecule has 28 heavy (non-hydrogen) atoms. The monoisotopic (exact) mass is 395 g/mol. The lowest BCUT2D eigenvalue weighted by Gasteiger charge is -2.29. The van der Waals surface area contributed by atoms with Gasteiger partial charge in [-0.2, -0.15) is 0 Å². The number of carbonyl (C=O) groups excluding carboxylic acids is 1. The van der Waals surface area contributed by atoms with Crippen molar-refractivity contribution in [3.05, 3.63) is 41.9 Å². The summed E-state index contributed by atoms with van der Waals surface area (Å²) in [6.07, 6.45) is -1.10. The normalized spacial score (nSPS) is 15.1. The topological polar surface area (TPSA) is 64.5 Å². The highest BCUT2D eigenvalue weighted by Crippen LogP contribution is 2.37. The molecular weight excluding hydrogens is 375 g/mol. The van der Waals surface area contributed by atoms with E-state index in [-0.39, 0.29) is 11.8 Å². The second kappa shape index (κ2) is 7.65.